The largest absolute Gasteiger partial charge is 0.377 e. The molecule has 2 aliphatic rings. The Morgan fingerprint density at radius 3 is 2.71 bits per heavy atom. The quantitative estimate of drug-likeness (QED) is 0.799. The van der Waals surface area contributed by atoms with Crippen LogP contribution in [0.3, 0.4) is 0 Å². The van der Waals surface area contributed by atoms with Gasteiger partial charge < -0.3 is 15.4 Å². The van der Waals surface area contributed by atoms with Crippen LogP contribution in [0.2, 0.25) is 0 Å². The second-order valence-electron chi connectivity index (χ2n) is 5.78. The summed E-state index contributed by atoms with van der Waals surface area (Å²) >= 11 is 0. The van der Waals surface area contributed by atoms with E-state index in [4.69, 9.17) is 10.5 Å². The van der Waals surface area contributed by atoms with Crippen molar-refractivity contribution in [2.75, 3.05) is 26.2 Å². The molecule has 3 heteroatoms. The van der Waals surface area contributed by atoms with Crippen LogP contribution < -0.4 is 5.73 Å². The molecule has 1 heterocycles. The van der Waals surface area contributed by atoms with Crippen LogP contribution in [0.15, 0.2) is 0 Å². The molecule has 0 aromatic heterocycles. The van der Waals surface area contributed by atoms with Crippen LogP contribution in [0.5, 0.6) is 0 Å². The predicted molar refractivity (Wildman–Crippen MR) is 71.0 cm³/mol. The van der Waals surface area contributed by atoms with Crippen LogP contribution in [0.25, 0.3) is 0 Å². The Morgan fingerprint density at radius 1 is 1.18 bits per heavy atom. The van der Waals surface area contributed by atoms with Crippen molar-refractivity contribution in [2.45, 2.75) is 57.6 Å². The summed E-state index contributed by atoms with van der Waals surface area (Å²) in [7, 11) is 0. The highest BCUT2D eigenvalue weighted by molar-refractivity contribution is 4.79. The Balaban J connectivity index is 1.73. The SMILES string of the molecule is CCN(CC1CCCC(N)C1)CC1CCCO1. The molecule has 3 nitrogen and oxygen atoms in total. The zero-order valence-electron chi connectivity index (χ0n) is 11.2. The molecule has 0 aromatic carbocycles. The molecule has 2 N–H and O–H groups in total. The van der Waals surface area contributed by atoms with E-state index >= 15 is 0 Å². The minimum atomic E-state index is 0.454. The Kier molecular flexibility index (Phi) is 5.26. The fourth-order valence-electron chi connectivity index (χ4n) is 3.27. The third kappa shape index (κ3) is 4.23. The van der Waals surface area contributed by atoms with Gasteiger partial charge in [0.2, 0.25) is 0 Å². The van der Waals surface area contributed by atoms with Crippen LogP contribution in [0, 0.1) is 5.92 Å². The average Bonchev–Trinajstić information content (AvgIpc) is 2.81. The van der Waals surface area contributed by atoms with Crippen molar-refractivity contribution in [1.29, 1.82) is 0 Å². The van der Waals surface area contributed by atoms with E-state index in [9.17, 15) is 0 Å². The molecule has 1 saturated heterocycles. The molecule has 0 bridgehead atoms. The molecule has 0 aromatic rings. The average molecular weight is 240 g/mol. The molecule has 0 spiro atoms. The lowest BCUT2D eigenvalue weighted by Gasteiger charge is -2.32. The summed E-state index contributed by atoms with van der Waals surface area (Å²) in [4.78, 5) is 2.57. The van der Waals surface area contributed by atoms with Crippen LogP contribution in [0.1, 0.15) is 45.4 Å². The van der Waals surface area contributed by atoms with E-state index in [0.717, 1.165) is 25.6 Å². The topological polar surface area (TPSA) is 38.5 Å². The van der Waals surface area contributed by atoms with Crippen molar-refractivity contribution in [1.82, 2.24) is 4.90 Å². The molecule has 0 radical (unpaired) electrons. The fourth-order valence-corrected chi connectivity index (χ4v) is 3.27. The third-order valence-corrected chi connectivity index (χ3v) is 4.27. The van der Waals surface area contributed by atoms with Crippen molar-refractivity contribution in [2.24, 2.45) is 11.7 Å². The number of nitrogens with zero attached hydrogens (tertiary/aromatic N) is 1. The number of hydrogen-bond donors (Lipinski definition) is 1. The summed E-state index contributed by atoms with van der Waals surface area (Å²) in [6, 6.07) is 0.454. The number of rotatable bonds is 5. The first-order valence-electron chi connectivity index (χ1n) is 7.37. The molecule has 100 valence electrons. The summed E-state index contributed by atoms with van der Waals surface area (Å²) in [6.07, 6.45) is 8.14. The molecular formula is C14H28N2O. The number of ether oxygens (including phenoxy) is 1. The van der Waals surface area contributed by atoms with Gasteiger partial charge in [-0.2, -0.15) is 0 Å². The molecule has 3 unspecified atom stereocenters. The van der Waals surface area contributed by atoms with Gasteiger partial charge in [-0.25, -0.2) is 0 Å². The van der Waals surface area contributed by atoms with Crippen LogP contribution in [-0.4, -0.2) is 43.3 Å². The van der Waals surface area contributed by atoms with Crippen molar-refractivity contribution in [3.63, 3.8) is 0 Å². The van der Waals surface area contributed by atoms with E-state index in [1.165, 1.54) is 45.1 Å². The van der Waals surface area contributed by atoms with E-state index in [0.29, 0.717) is 12.1 Å². The predicted octanol–water partition coefficient (Wildman–Crippen LogP) is 2.00. The Hall–Kier alpha value is -0.120. The maximum atomic E-state index is 6.06. The number of likely N-dealkylation sites (N-methyl/N-ethyl adjacent to an activating group) is 1. The Labute approximate surface area is 106 Å². The van der Waals surface area contributed by atoms with Crippen LogP contribution in [0.4, 0.5) is 0 Å². The van der Waals surface area contributed by atoms with Gasteiger partial charge in [-0.3, -0.25) is 0 Å². The van der Waals surface area contributed by atoms with E-state index in [2.05, 4.69) is 11.8 Å². The number of hydrogen-bond acceptors (Lipinski definition) is 3. The highest BCUT2D eigenvalue weighted by Gasteiger charge is 2.23. The van der Waals surface area contributed by atoms with E-state index < -0.39 is 0 Å². The van der Waals surface area contributed by atoms with Crippen molar-refractivity contribution in [3.05, 3.63) is 0 Å². The minimum Gasteiger partial charge on any atom is -0.377 e. The fraction of sp³-hybridized carbons (Fsp3) is 1.00. The van der Waals surface area contributed by atoms with Crippen molar-refractivity contribution >= 4 is 0 Å². The highest BCUT2D eigenvalue weighted by atomic mass is 16.5. The summed E-state index contributed by atoms with van der Waals surface area (Å²) in [5.74, 6) is 0.820. The number of nitrogens with two attached hydrogens (primary N) is 1. The van der Waals surface area contributed by atoms with Gasteiger partial charge in [0, 0.05) is 25.7 Å². The first-order chi connectivity index (χ1) is 8.28. The molecule has 2 rings (SSSR count). The molecule has 2 fully saturated rings. The van der Waals surface area contributed by atoms with Gasteiger partial charge >= 0.3 is 0 Å². The smallest absolute Gasteiger partial charge is 0.0702 e. The molecule has 17 heavy (non-hydrogen) atoms. The monoisotopic (exact) mass is 240 g/mol. The first kappa shape index (κ1) is 13.3. The van der Waals surface area contributed by atoms with Crippen LogP contribution >= 0.6 is 0 Å². The van der Waals surface area contributed by atoms with Crippen LogP contribution in [-0.2, 0) is 4.74 Å². The van der Waals surface area contributed by atoms with E-state index in [-0.39, 0.29) is 0 Å². The molecular weight excluding hydrogens is 212 g/mol. The second-order valence-corrected chi connectivity index (χ2v) is 5.78. The maximum absolute atomic E-state index is 6.06. The van der Waals surface area contributed by atoms with Gasteiger partial charge in [0.1, 0.15) is 0 Å². The van der Waals surface area contributed by atoms with E-state index in [1.807, 2.05) is 0 Å². The van der Waals surface area contributed by atoms with Gasteiger partial charge in [0.15, 0.2) is 0 Å². The lowest BCUT2D eigenvalue weighted by molar-refractivity contribution is 0.0661. The first-order valence-corrected chi connectivity index (χ1v) is 7.37. The van der Waals surface area contributed by atoms with E-state index in [1.54, 1.807) is 0 Å². The minimum absolute atomic E-state index is 0.454. The van der Waals surface area contributed by atoms with Gasteiger partial charge in [0.05, 0.1) is 6.10 Å². The molecule has 1 saturated carbocycles. The lowest BCUT2D eigenvalue weighted by atomic mass is 9.86. The van der Waals surface area contributed by atoms with Gasteiger partial charge in [-0.15, -0.1) is 0 Å². The summed E-state index contributed by atoms with van der Waals surface area (Å²) in [5, 5.41) is 0. The normalized spacial score (nSPS) is 34.4. The summed E-state index contributed by atoms with van der Waals surface area (Å²) in [6.45, 7) is 6.73. The Morgan fingerprint density at radius 2 is 2.06 bits per heavy atom. The molecule has 0 amide bonds. The van der Waals surface area contributed by atoms with Crippen molar-refractivity contribution in [3.8, 4) is 0 Å². The second kappa shape index (κ2) is 6.72. The van der Waals surface area contributed by atoms with Crippen molar-refractivity contribution < 1.29 is 4.74 Å². The molecule has 1 aliphatic heterocycles. The van der Waals surface area contributed by atoms with Gasteiger partial charge in [0.25, 0.3) is 0 Å². The highest BCUT2D eigenvalue weighted by Crippen LogP contribution is 2.24. The molecule has 3 atom stereocenters. The summed E-state index contributed by atoms with van der Waals surface area (Å²) < 4.78 is 5.73. The maximum Gasteiger partial charge on any atom is 0.0702 e. The summed E-state index contributed by atoms with van der Waals surface area (Å²) in [5.41, 5.74) is 6.06. The standard InChI is InChI=1S/C14H28N2O/c1-2-16(11-14-7-4-8-17-14)10-12-5-3-6-13(15)9-12/h12-14H,2-11,15H2,1H3. The Bertz CT molecular complexity index is 216. The third-order valence-electron chi connectivity index (χ3n) is 4.27. The van der Waals surface area contributed by atoms with Gasteiger partial charge in [-0.05, 0) is 44.6 Å². The lowest BCUT2D eigenvalue weighted by Crippen LogP contribution is -2.39. The molecule has 1 aliphatic carbocycles. The zero-order valence-corrected chi connectivity index (χ0v) is 11.2. The van der Waals surface area contributed by atoms with Gasteiger partial charge in [-0.1, -0.05) is 13.3 Å². The zero-order chi connectivity index (χ0) is 12.1.